The standard InChI is InChI=1S/C41H34N2O/c1-3-9-29(10-4-1)31-15-22-35(23-16-31)43(36-24-17-32(18-25-36)30-11-5-2-6-12-30)37-26-19-34(20-27-37)41-42-40-38-14-8-7-13-33(38)21-28-39(40)44-41/h1,3-5,7-17,19-22,24-28,32,35H,2,6,18,23H2. The smallest absolute Gasteiger partial charge is 0.227 e. The predicted octanol–water partition coefficient (Wildman–Crippen LogP) is 10.6. The van der Waals surface area contributed by atoms with E-state index >= 15 is 0 Å². The van der Waals surface area contributed by atoms with Gasteiger partial charge in [-0.1, -0.05) is 109 Å². The molecule has 4 aromatic carbocycles. The first kappa shape index (κ1) is 26.5. The third-order valence-corrected chi connectivity index (χ3v) is 9.00. The Hall–Kier alpha value is -5.15. The molecular weight excluding hydrogens is 536 g/mol. The number of anilines is 1. The van der Waals surface area contributed by atoms with Gasteiger partial charge in [-0.15, -0.1) is 0 Å². The molecule has 44 heavy (non-hydrogen) atoms. The SMILES string of the molecule is C1=CC(C2C=CC(N(c3ccc(-c4nc5c(ccc6ccccc65)o4)cc3)C3C=CC(c4ccccc4)=CC3)=CC2)=CCC1. The zero-order valence-electron chi connectivity index (χ0n) is 24.6. The second-order valence-electron chi connectivity index (χ2n) is 11.8. The maximum absolute atomic E-state index is 6.24. The van der Waals surface area contributed by atoms with Crippen LogP contribution in [0.5, 0.6) is 0 Å². The van der Waals surface area contributed by atoms with Gasteiger partial charge in [-0.3, -0.25) is 0 Å². The zero-order chi connectivity index (χ0) is 29.3. The van der Waals surface area contributed by atoms with Crippen molar-refractivity contribution >= 4 is 33.1 Å². The van der Waals surface area contributed by atoms with Crippen molar-refractivity contribution < 1.29 is 4.42 Å². The summed E-state index contributed by atoms with van der Waals surface area (Å²) in [6, 6.07) is 32.0. The predicted molar refractivity (Wildman–Crippen MR) is 183 cm³/mol. The Morgan fingerprint density at radius 2 is 1.55 bits per heavy atom. The van der Waals surface area contributed by atoms with E-state index in [9.17, 15) is 0 Å². The van der Waals surface area contributed by atoms with Crippen LogP contribution >= 0.6 is 0 Å². The van der Waals surface area contributed by atoms with Crippen LogP contribution in [-0.4, -0.2) is 11.0 Å². The second kappa shape index (κ2) is 11.5. The van der Waals surface area contributed by atoms with E-state index in [4.69, 9.17) is 9.40 Å². The van der Waals surface area contributed by atoms with Crippen molar-refractivity contribution in [1.29, 1.82) is 0 Å². The molecule has 0 aliphatic heterocycles. The topological polar surface area (TPSA) is 29.3 Å². The number of benzene rings is 4. The molecule has 0 N–H and O–H groups in total. The number of hydrogen-bond acceptors (Lipinski definition) is 3. The Morgan fingerprint density at radius 3 is 2.32 bits per heavy atom. The first-order valence-electron chi connectivity index (χ1n) is 15.7. The van der Waals surface area contributed by atoms with Crippen LogP contribution in [0.1, 0.15) is 31.2 Å². The largest absolute Gasteiger partial charge is 0.436 e. The van der Waals surface area contributed by atoms with Crippen LogP contribution in [0.4, 0.5) is 5.69 Å². The van der Waals surface area contributed by atoms with Crippen LogP contribution in [0, 0.1) is 5.92 Å². The molecule has 8 rings (SSSR count). The number of allylic oxidation sites excluding steroid dienone is 9. The molecule has 3 heteroatoms. The monoisotopic (exact) mass is 570 g/mol. The molecule has 2 atom stereocenters. The normalized spacial score (nSPS) is 19.6. The number of aromatic nitrogens is 1. The summed E-state index contributed by atoms with van der Waals surface area (Å²) in [5.74, 6) is 1.09. The molecule has 3 aliphatic rings. The van der Waals surface area contributed by atoms with Crippen LogP contribution in [0.2, 0.25) is 0 Å². The van der Waals surface area contributed by atoms with Crippen LogP contribution in [-0.2, 0) is 0 Å². The molecule has 0 amide bonds. The van der Waals surface area contributed by atoms with E-state index in [0.29, 0.717) is 11.8 Å². The van der Waals surface area contributed by atoms with E-state index in [-0.39, 0.29) is 6.04 Å². The summed E-state index contributed by atoms with van der Waals surface area (Å²) in [6.45, 7) is 0. The van der Waals surface area contributed by atoms with E-state index in [1.165, 1.54) is 27.8 Å². The molecule has 0 saturated heterocycles. The molecule has 1 heterocycles. The van der Waals surface area contributed by atoms with Gasteiger partial charge in [-0.2, -0.15) is 0 Å². The number of fused-ring (bicyclic) bond motifs is 3. The molecule has 0 bridgehead atoms. The molecule has 1 aromatic heterocycles. The minimum atomic E-state index is 0.213. The highest BCUT2D eigenvalue weighted by atomic mass is 16.3. The van der Waals surface area contributed by atoms with Crippen molar-refractivity contribution in [1.82, 2.24) is 4.98 Å². The molecule has 0 saturated carbocycles. The fourth-order valence-electron chi connectivity index (χ4n) is 6.67. The van der Waals surface area contributed by atoms with E-state index in [1.54, 1.807) is 0 Å². The van der Waals surface area contributed by atoms with Gasteiger partial charge in [-0.05, 0) is 84.2 Å². The van der Waals surface area contributed by atoms with Crippen LogP contribution < -0.4 is 4.90 Å². The number of rotatable bonds is 6. The van der Waals surface area contributed by atoms with E-state index in [2.05, 4.69) is 145 Å². The molecule has 0 spiro atoms. The molecule has 0 fully saturated rings. The maximum atomic E-state index is 6.24. The van der Waals surface area contributed by atoms with Gasteiger partial charge in [0.15, 0.2) is 5.58 Å². The highest BCUT2D eigenvalue weighted by Crippen LogP contribution is 2.36. The summed E-state index contributed by atoms with van der Waals surface area (Å²) in [5.41, 5.74) is 9.09. The minimum absolute atomic E-state index is 0.213. The van der Waals surface area contributed by atoms with Gasteiger partial charge in [-0.25, -0.2) is 4.98 Å². The van der Waals surface area contributed by atoms with Crippen LogP contribution in [0.25, 0.3) is 38.9 Å². The van der Waals surface area contributed by atoms with Gasteiger partial charge in [0.25, 0.3) is 0 Å². The van der Waals surface area contributed by atoms with Gasteiger partial charge in [0, 0.05) is 28.3 Å². The summed E-state index contributed by atoms with van der Waals surface area (Å²) in [5, 5.41) is 2.28. The van der Waals surface area contributed by atoms with Crippen molar-refractivity contribution in [2.75, 3.05) is 4.90 Å². The molecule has 214 valence electrons. The van der Waals surface area contributed by atoms with Crippen LogP contribution in [0.3, 0.4) is 0 Å². The van der Waals surface area contributed by atoms with Gasteiger partial charge in [0.05, 0.1) is 6.04 Å². The third-order valence-electron chi connectivity index (χ3n) is 9.00. The summed E-state index contributed by atoms with van der Waals surface area (Å²) >= 11 is 0. The molecule has 3 aliphatic carbocycles. The number of oxazole rings is 1. The first-order valence-corrected chi connectivity index (χ1v) is 15.7. The molecule has 3 nitrogen and oxygen atoms in total. The van der Waals surface area contributed by atoms with Crippen molar-refractivity contribution in [2.24, 2.45) is 5.92 Å². The Balaban J connectivity index is 1.11. The lowest BCUT2D eigenvalue weighted by Crippen LogP contribution is -2.34. The molecular formula is C41H34N2O. The highest BCUT2D eigenvalue weighted by Gasteiger charge is 2.24. The van der Waals surface area contributed by atoms with Gasteiger partial charge < -0.3 is 9.32 Å². The Kier molecular flexibility index (Phi) is 6.92. The zero-order valence-corrected chi connectivity index (χ0v) is 24.6. The van der Waals surface area contributed by atoms with Gasteiger partial charge in [0.2, 0.25) is 5.89 Å². The van der Waals surface area contributed by atoms with Crippen molar-refractivity contribution in [2.45, 2.75) is 31.7 Å². The quantitative estimate of drug-likeness (QED) is 0.203. The van der Waals surface area contributed by atoms with Crippen molar-refractivity contribution in [3.63, 3.8) is 0 Å². The molecule has 0 radical (unpaired) electrons. The molecule has 2 unspecified atom stereocenters. The Bertz CT molecular complexity index is 2020. The van der Waals surface area contributed by atoms with Crippen molar-refractivity contribution in [3.8, 4) is 11.5 Å². The van der Waals surface area contributed by atoms with Gasteiger partial charge >= 0.3 is 0 Å². The second-order valence-corrected chi connectivity index (χ2v) is 11.8. The lowest BCUT2D eigenvalue weighted by molar-refractivity contribution is 0.620. The average Bonchev–Trinajstić information content (AvgIpc) is 3.55. The van der Waals surface area contributed by atoms with Gasteiger partial charge in [0.1, 0.15) is 5.52 Å². The van der Waals surface area contributed by atoms with E-state index in [0.717, 1.165) is 53.4 Å². The Labute approximate surface area is 258 Å². The lowest BCUT2D eigenvalue weighted by Gasteiger charge is -2.35. The van der Waals surface area contributed by atoms with Crippen molar-refractivity contribution in [3.05, 3.63) is 163 Å². The summed E-state index contributed by atoms with van der Waals surface area (Å²) in [7, 11) is 0. The summed E-state index contributed by atoms with van der Waals surface area (Å²) in [4.78, 5) is 7.40. The lowest BCUT2D eigenvalue weighted by atomic mass is 9.87. The van der Waals surface area contributed by atoms with Crippen LogP contribution in [0.15, 0.2) is 161 Å². The summed E-state index contributed by atoms with van der Waals surface area (Å²) in [6.07, 6.45) is 25.4. The minimum Gasteiger partial charge on any atom is -0.436 e. The molecule has 5 aromatic rings. The number of nitrogens with zero attached hydrogens (tertiary/aromatic N) is 2. The summed E-state index contributed by atoms with van der Waals surface area (Å²) < 4.78 is 6.24. The van der Waals surface area contributed by atoms with E-state index < -0.39 is 0 Å². The van der Waals surface area contributed by atoms with E-state index in [1.807, 2.05) is 6.07 Å². The fraction of sp³-hybridized carbons (Fsp3) is 0.146. The number of hydrogen-bond donors (Lipinski definition) is 0. The average molecular weight is 571 g/mol. The third kappa shape index (κ3) is 5.05. The maximum Gasteiger partial charge on any atom is 0.227 e. The fourth-order valence-corrected chi connectivity index (χ4v) is 6.67. The Morgan fingerprint density at radius 1 is 0.682 bits per heavy atom. The highest BCUT2D eigenvalue weighted by molar-refractivity contribution is 6.04. The first-order chi connectivity index (χ1) is 21.8.